The number of hydrogen-bond acceptors (Lipinski definition) is 2. The van der Waals surface area contributed by atoms with E-state index in [-0.39, 0.29) is 11.3 Å². The molecule has 78 valence electrons. The Hall–Kier alpha value is -1.35. The minimum Gasteiger partial charge on any atom is -0.276 e. The number of hydrogen-bond donors (Lipinski definition) is 1. The molecule has 1 aromatic rings. The number of benzene rings is 1. The molecule has 2 aliphatic rings. The highest BCUT2D eigenvalue weighted by molar-refractivity contribution is 5.97. The normalized spacial score (nSPS) is 22.5. The van der Waals surface area contributed by atoms with E-state index in [1.54, 1.807) is 0 Å². The summed E-state index contributed by atoms with van der Waals surface area (Å²) in [4.78, 5) is 11.8. The predicted octanol–water partition coefficient (Wildman–Crippen LogP) is 1.44. The van der Waals surface area contributed by atoms with Crippen molar-refractivity contribution in [2.45, 2.75) is 24.7 Å². The average Bonchev–Trinajstić information content (AvgIpc) is 2.21. The summed E-state index contributed by atoms with van der Waals surface area (Å²) in [6, 6.07) is 7.89. The van der Waals surface area contributed by atoms with Crippen LogP contribution in [-0.2, 0) is 5.41 Å². The molecule has 0 atom stereocenters. The number of nitrogens with two attached hydrogens (primary N) is 1. The van der Waals surface area contributed by atoms with Crippen molar-refractivity contribution in [1.82, 2.24) is 5.01 Å². The van der Waals surface area contributed by atoms with Crippen molar-refractivity contribution in [2.24, 2.45) is 5.84 Å². The molecule has 0 saturated heterocycles. The van der Waals surface area contributed by atoms with Crippen molar-refractivity contribution < 1.29 is 4.79 Å². The van der Waals surface area contributed by atoms with Crippen molar-refractivity contribution in [1.29, 1.82) is 0 Å². The molecule has 2 N–H and O–H groups in total. The fourth-order valence-electron chi connectivity index (χ4n) is 2.80. The van der Waals surface area contributed by atoms with E-state index in [0.717, 1.165) is 18.4 Å². The first-order valence-corrected chi connectivity index (χ1v) is 5.39. The zero-order valence-electron chi connectivity index (χ0n) is 8.57. The number of carbonyl (C=O) groups excluding carboxylic acids is 1. The number of fused-ring (bicyclic) bond motifs is 2. The number of carbonyl (C=O) groups is 1. The molecule has 1 spiro atoms. The Morgan fingerprint density at radius 3 is 2.67 bits per heavy atom. The van der Waals surface area contributed by atoms with E-state index in [4.69, 9.17) is 5.84 Å². The van der Waals surface area contributed by atoms with Crippen LogP contribution in [0, 0.1) is 0 Å². The van der Waals surface area contributed by atoms with E-state index in [9.17, 15) is 4.79 Å². The zero-order chi connectivity index (χ0) is 10.5. The van der Waals surface area contributed by atoms with Gasteiger partial charge in [-0.25, -0.2) is 5.84 Å². The van der Waals surface area contributed by atoms with E-state index >= 15 is 0 Å². The van der Waals surface area contributed by atoms with Gasteiger partial charge in [-0.3, -0.25) is 9.80 Å². The largest absolute Gasteiger partial charge is 0.276 e. The second kappa shape index (κ2) is 2.83. The first-order chi connectivity index (χ1) is 7.23. The summed E-state index contributed by atoms with van der Waals surface area (Å²) < 4.78 is 0. The maximum atomic E-state index is 11.8. The van der Waals surface area contributed by atoms with Gasteiger partial charge in [-0.15, -0.1) is 0 Å². The molecule has 3 rings (SSSR count). The standard InChI is InChI=1S/C12H14N2O/c13-14-8-12(6-3-7-12)10-5-2-1-4-9(10)11(14)15/h1-2,4-5H,3,6-8,13H2. The summed E-state index contributed by atoms with van der Waals surface area (Å²) in [6.45, 7) is 0.683. The van der Waals surface area contributed by atoms with Crippen molar-refractivity contribution in [2.75, 3.05) is 6.54 Å². The van der Waals surface area contributed by atoms with Crippen molar-refractivity contribution in [3.63, 3.8) is 0 Å². The number of amides is 1. The van der Waals surface area contributed by atoms with Crippen LogP contribution in [0.2, 0.25) is 0 Å². The molecule has 3 nitrogen and oxygen atoms in total. The molecule has 0 unspecified atom stereocenters. The van der Waals surface area contributed by atoms with Gasteiger partial charge in [0.25, 0.3) is 5.91 Å². The molecular formula is C12H14N2O. The monoisotopic (exact) mass is 202 g/mol. The predicted molar refractivity (Wildman–Crippen MR) is 57.2 cm³/mol. The highest BCUT2D eigenvalue weighted by Gasteiger charge is 2.46. The van der Waals surface area contributed by atoms with Crippen LogP contribution in [0.15, 0.2) is 24.3 Å². The summed E-state index contributed by atoms with van der Waals surface area (Å²) in [7, 11) is 0. The van der Waals surface area contributed by atoms with Crippen LogP contribution in [-0.4, -0.2) is 17.5 Å². The minimum absolute atomic E-state index is 0.0388. The first kappa shape index (κ1) is 8.92. The van der Waals surface area contributed by atoms with Gasteiger partial charge in [-0.2, -0.15) is 0 Å². The molecule has 1 amide bonds. The fraction of sp³-hybridized carbons (Fsp3) is 0.417. The van der Waals surface area contributed by atoms with E-state index < -0.39 is 0 Å². The van der Waals surface area contributed by atoms with Crippen molar-refractivity contribution in [3.05, 3.63) is 35.4 Å². The number of rotatable bonds is 0. The van der Waals surface area contributed by atoms with E-state index in [2.05, 4.69) is 6.07 Å². The Balaban J connectivity index is 2.17. The Morgan fingerprint density at radius 2 is 2.00 bits per heavy atom. The Morgan fingerprint density at radius 1 is 1.27 bits per heavy atom. The lowest BCUT2D eigenvalue weighted by Gasteiger charge is -2.48. The molecule has 0 radical (unpaired) electrons. The Bertz CT molecular complexity index is 423. The lowest BCUT2D eigenvalue weighted by molar-refractivity contribution is 0.0589. The lowest BCUT2D eigenvalue weighted by Crippen LogP contribution is -2.55. The molecule has 0 aromatic heterocycles. The second-order valence-electron chi connectivity index (χ2n) is 4.61. The third-order valence-electron chi connectivity index (χ3n) is 3.77. The third-order valence-corrected chi connectivity index (χ3v) is 3.77. The number of nitrogens with zero attached hydrogens (tertiary/aromatic N) is 1. The summed E-state index contributed by atoms with van der Waals surface area (Å²) >= 11 is 0. The molecule has 1 aromatic carbocycles. The number of hydrazine groups is 1. The topological polar surface area (TPSA) is 46.3 Å². The Labute approximate surface area is 88.8 Å². The third kappa shape index (κ3) is 1.07. The van der Waals surface area contributed by atoms with E-state index in [1.165, 1.54) is 17.0 Å². The van der Waals surface area contributed by atoms with E-state index in [0.29, 0.717) is 6.54 Å². The maximum absolute atomic E-state index is 11.8. The fourth-order valence-corrected chi connectivity index (χ4v) is 2.80. The van der Waals surface area contributed by atoms with E-state index in [1.807, 2.05) is 18.2 Å². The molecule has 1 aliphatic carbocycles. The summed E-state index contributed by atoms with van der Waals surface area (Å²) in [5.74, 6) is 5.72. The average molecular weight is 202 g/mol. The summed E-state index contributed by atoms with van der Waals surface area (Å²) in [5.41, 5.74) is 2.17. The molecule has 1 aliphatic heterocycles. The SMILES string of the molecule is NN1CC2(CCC2)c2ccccc2C1=O. The van der Waals surface area contributed by atoms with Gasteiger partial charge in [-0.1, -0.05) is 24.6 Å². The maximum Gasteiger partial charge on any atom is 0.268 e. The van der Waals surface area contributed by atoms with Gasteiger partial charge in [0.2, 0.25) is 0 Å². The van der Waals surface area contributed by atoms with Crippen LogP contribution in [0.25, 0.3) is 0 Å². The van der Waals surface area contributed by atoms with Gasteiger partial charge in [0.05, 0.1) is 0 Å². The second-order valence-corrected chi connectivity index (χ2v) is 4.61. The molecular weight excluding hydrogens is 188 g/mol. The summed E-state index contributed by atoms with van der Waals surface area (Å²) in [6.07, 6.45) is 3.56. The highest BCUT2D eigenvalue weighted by atomic mass is 16.2. The smallest absolute Gasteiger partial charge is 0.268 e. The summed E-state index contributed by atoms with van der Waals surface area (Å²) in [5, 5.41) is 1.38. The van der Waals surface area contributed by atoms with Crippen LogP contribution in [0.5, 0.6) is 0 Å². The van der Waals surface area contributed by atoms with Gasteiger partial charge >= 0.3 is 0 Å². The van der Waals surface area contributed by atoms with Gasteiger partial charge in [0, 0.05) is 17.5 Å². The molecule has 1 heterocycles. The molecule has 1 fully saturated rings. The van der Waals surface area contributed by atoms with Crippen LogP contribution in [0.1, 0.15) is 35.2 Å². The van der Waals surface area contributed by atoms with Crippen LogP contribution < -0.4 is 5.84 Å². The molecule has 15 heavy (non-hydrogen) atoms. The minimum atomic E-state index is -0.0388. The molecule has 0 bridgehead atoms. The highest BCUT2D eigenvalue weighted by Crippen LogP contribution is 2.47. The van der Waals surface area contributed by atoms with Crippen LogP contribution in [0.3, 0.4) is 0 Å². The van der Waals surface area contributed by atoms with Crippen LogP contribution in [0.4, 0.5) is 0 Å². The molecule has 1 saturated carbocycles. The quantitative estimate of drug-likeness (QED) is 0.511. The lowest BCUT2D eigenvalue weighted by atomic mass is 9.62. The molecule has 3 heteroatoms. The Kier molecular flexibility index (Phi) is 1.68. The van der Waals surface area contributed by atoms with Crippen LogP contribution >= 0.6 is 0 Å². The van der Waals surface area contributed by atoms with Gasteiger partial charge in [-0.05, 0) is 24.5 Å². The zero-order valence-corrected chi connectivity index (χ0v) is 8.57. The van der Waals surface area contributed by atoms with Gasteiger partial charge in [0.15, 0.2) is 0 Å². The van der Waals surface area contributed by atoms with Crippen molar-refractivity contribution in [3.8, 4) is 0 Å². The van der Waals surface area contributed by atoms with Gasteiger partial charge < -0.3 is 0 Å². The van der Waals surface area contributed by atoms with Gasteiger partial charge in [0.1, 0.15) is 0 Å². The first-order valence-electron chi connectivity index (χ1n) is 5.39. The van der Waals surface area contributed by atoms with Crippen molar-refractivity contribution >= 4 is 5.91 Å².